The number of aliphatic hydroxyl groups is 2. The van der Waals surface area contributed by atoms with Crippen LogP contribution in [-0.4, -0.2) is 49.6 Å². The number of halogens is 4. The largest absolute Gasteiger partial charge is 0.487 e. The molecule has 0 radical (unpaired) electrons. The zero-order valence-corrected chi connectivity index (χ0v) is 17.2. The van der Waals surface area contributed by atoms with Gasteiger partial charge in [-0.2, -0.15) is 13.2 Å². The Bertz CT molecular complexity index is 1210. The van der Waals surface area contributed by atoms with Crippen molar-refractivity contribution in [1.29, 1.82) is 0 Å². The molecule has 176 valence electrons. The van der Waals surface area contributed by atoms with E-state index in [0.717, 1.165) is 24.7 Å². The predicted octanol–water partition coefficient (Wildman–Crippen LogP) is 1.93. The summed E-state index contributed by atoms with van der Waals surface area (Å²) >= 11 is 0. The van der Waals surface area contributed by atoms with Gasteiger partial charge in [-0.15, -0.1) is 0 Å². The van der Waals surface area contributed by atoms with Crippen LogP contribution in [0.25, 0.3) is 11.0 Å². The van der Waals surface area contributed by atoms with E-state index in [4.69, 9.17) is 10.5 Å². The fourth-order valence-electron chi connectivity index (χ4n) is 4.67. The van der Waals surface area contributed by atoms with Gasteiger partial charge in [-0.3, -0.25) is 0 Å². The number of anilines is 1. The Labute approximate surface area is 185 Å². The molecule has 1 fully saturated rings. The van der Waals surface area contributed by atoms with E-state index < -0.39 is 41.9 Å². The maximum absolute atomic E-state index is 14.5. The number of ether oxygens (including phenoxy) is 1. The molecule has 2 unspecified atom stereocenters. The van der Waals surface area contributed by atoms with Gasteiger partial charge in [0, 0.05) is 24.7 Å². The molecule has 1 aliphatic heterocycles. The van der Waals surface area contributed by atoms with E-state index in [-0.39, 0.29) is 29.0 Å². The van der Waals surface area contributed by atoms with Crippen molar-refractivity contribution in [3.63, 3.8) is 0 Å². The molecule has 3 heterocycles. The van der Waals surface area contributed by atoms with Crippen LogP contribution in [0.3, 0.4) is 0 Å². The van der Waals surface area contributed by atoms with Gasteiger partial charge in [-0.1, -0.05) is 0 Å². The number of benzene rings is 1. The number of fused-ring (bicyclic) bond motifs is 2. The highest BCUT2D eigenvalue weighted by molar-refractivity contribution is 5.86. The smallest absolute Gasteiger partial charge is 0.416 e. The molecule has 0 saturated heterocycles. The fourth-order valence-corrected chi connectivity index (χ4v) is 4.67. The summed E-state index contributed by atoms with van der Waals surface area (Å²) in [4.78, 5) is 7.80. The molecular weight excluding hydrogens is 446 g/mol. The summed E-state index contributed by atoms with van der Waals surface area (Å²) in [5.74, 6) is -0.758. The maximum atomic E-state index is 14.5. The van der Waals surface area contributed by atoms with Gasteiger partial charge in [0.1, 0.15) is 41.9 Å². The van der Waals surface area contributed by atoms with Crippen LogP contribution in [0.15, 0.2) is 24.7 Å². The third-order valence-electron chi connectivity index (χ3n) is 6.33. The number of aliphatic hydroxyl groups excluding tert-OH is 2. The Morgan fingerprint density at radius 2 is 1.97 bits per heavy atom. The highest BCUT2D eigenvalue weighted by atomic mass is 19.4. The second kappa shape index (κ2) is 7.82. The molecule has 0 amide bonds. The molecule has 8 nitrogen and oxygen atoms in total. The number of nitrogens with one attached hydrogen (secondary N) is 1. The molecule has 0 bridgehead atoms. The first-order valence-corrected chi connectivity index (χ1v) is 10.4. The van der Waals surface area contributed by atoms with Crippen LogP contribution in [-0.2, 0) is 19.1 Å². The molecule has 5 rings (SSSR count). The first-order chi connectivity index (χ1) is 15.6. The van der Waals surface area contributed by atoms with E-state index in [2.05, 4.69) is 15.3 Å². The van der Waals surface area contributed by atoms with Gasteiger partial charge in [0.2, 0.25) is 0 Å². The average Bonchev–Trinajstić information content (AvgIpc) is 3.25. The van der Waals surface area contributed by atoms with E-state index in [1.54, 1.807) is 0 Å². The van der Waals surface area contributed by atoms with Crippen molar-refractivity contribution < 1.29 is 32.5 Å². The molecule has 4 atom stereocenters. The molecular formula is C21H21F4N5O3. The van der Waals surface area contributed by atoms with Crippen LogP contribution in [0.5, 0.6) is 5.75 Å². The minimum absolute atomic E-state index is 0.000890. The lowest BCUT2D eigenvalue weighted by atomic mass is 9.97. The first kappa shape index (κ1) is 21.9. The molecule has 2 aromatic heterocycles. The lowest BCUT2D eigenvalue weighted by molar-refractivity contribution is -0.137. The molecule has 2 aliphatic rings. The Kier molecular flexibility index (Phi) is 5.18. The molecule has 1 saturated carbocycles. The minimum atomic E-state index is -4.56. The monoisotopic (exact) mass is 467 g/mol. The van der Waals surface area contributed by atoms with Crippen molar-refractivity contribution in [2.75, 3.05) is 12.3 Å². The van der Waals surface area contributed by atoms with Crippen molar-refractivity contribution in [3.8, 4) is 5.75 Å². The zero-order chi connectivity index (χ0) is 23.5. The zero-order valence-electron chi connectivity index (χ0n) is 17.2. The number of hydrogen-bond donors (Lipinski definition) is 4. The third kappa shape index (κ3) is 3.67. The van der Waals surface area contributed by atoms with Crippen LogP contribution >= 0.6 is 0 Å². The molecule has 1 aliphatic carbocycles. The number of rotatable bonds is 3. The lowest BCUT2D eigenvalue weighted by Gasteiger charge is -2.25. The number of nitrogens with zero attached hydrogens (tertiary/aromatic N) is 3. The van der Waals surface area contributed by atoms with Crippen LogP contribution in [0.1, 0.15) is 29.2 Å². The van der Waals surface area contributed by atoms with E-state index >= 15 is 0 Å². The second-order valence-electron chi connectivity index (χ2n) is 8.32. The maximum Gasteiger partial charge on any atom is 0.416 e. The summed E-state index contributed by atoms with van der Waals surface area (Å²) in [5.41, 5.74) is 6.14. The molecule has 12 heteroatoms. The van der Waals surface area contributed by atoms with E-state index in [9.17, 15) is 27.8 Å². The summed E-state index contributed by atoms with van der Waals surface area (Å²) < 4.78 is 62.0. The van der Waals surface area contributed by atoms with Gasteiger partial charge in [0.25, 0.3) is 0 Å². The van der Waals surface area contributed by atoms with E-state index in [1.807, 2.05) is 0 Å². The van der Waals surface area contributed by atoms with Gasteiger partial charge in [0.15, 0.2) is 5.82 Å². The SMILES string of the molecule is Nc1ncnc2c1c(F)cn2C1CC(Oc2cc(C(F)(F)F)cc3c2CNCC3)[C@@H](O)[C@H]1O. The average molecular weight is 467 g/mol. The molecule has 3 aromatic rings. The van der Waals surface area contributed by atoms with Crippen molar-refractivity contribution in [3.05, 3.63) is 47.2 Å². The van der Waals surface area contributed by atoms with Crippen molar-refractivity contribution >= 4 is 16.9 Å². The normalized spacial score (nSPS) is 25.4. The molecule has 33 heavy (non-hydrogen) atoms. The fraction of sp³-hybridized carbons (Fsp3) is 0.429. The topological polar surface area (TPSA) is 118 Å². The van der Waals surface area contributed by atoms with Gasteiger partial charge < -0.3 is 30.6 Å². The van der Waals surface area contributed by atoms with Gasteiger partial charge in [0.05, 0.1) is 17.0 Å². The number of hydrogen-bond acceptors (Lipinski definition) is 7. The highest BCUT2D eigenvalue weighted by Gasteiger charge is 2.45. The second-order valence-corrected chi connectivity index (χ2v) is 8.32. The van der Waals surface area contributed by atoms with Crippen LogP contribution in [0, 0.1) is 5.82 Å². The van der Waals surface area contributed by atoms with Gasteiger partial charge in [-0.05, 0) is 30.7 Å². The van der Waals surface area contributed by atoms with Crippen molar-refractivity contribution in [2.45, 2.75) is 49.9 Å². The van der Waals surface area contributed by atoms with E-state index in [0.29, 0.717) is 30.6 Å². The number of nitrogen functional groups attached to an aromatic ring is 1. The van der Waals surface area contributed by atoms with E-state index in [1.165, 1.54) is 4.57 Å². The quantitative estimate of drug-likeness (QED) is 0.435. The summed E-state index contributed by atoms with van der Waals surface area (Å²) in [5, 5.41) is 24.4. The minimum Gasteiger partial charge on any atom is -0.487 e. The van der Waals surface area contributed by atoms with Gasteiger partial charge in [-0.25, -0.2) is 14.4 Å². The van der Waals surface area contributed by atoms with Crippen molar-refractivity contribution in [2.24, 2.45) is 0 Å². The molecule has 5 N–H and O–H groups in total. The van der Waals surface area contributed by atoms with Crippen molar-refractivity contribution in [1.82, 2.24) is 19.9 Å². The summed E-state index contributed by atoms with van der Waals surface area (Å²) in [7, 11) is 0. The summed E-state index contributed by atoms with van der Waals surface area (Å²) in [6.07, 6.45) is -5.71. The number of aromatic nitrogens is 3. The number of alkyl halides is 3. The Morgan fingerprint density at radius 1 is 1.18 bits per heavy atom. The molecule has 1 aromatic carbocycles. The van der Waals surface area contributed by atoms with Crippen LogP contribution < -0.4 is 15.8 Å². The van der Waals surface area contributed by atoms with Crippen LogP contribution in [0.2, 0.25) is 0 Å². The van der Waals surface area contributed by atoms with Gasteiger partial charge >= 0.3 is 6.18 Å². The highest BCUT2D eigenvalue weighted by Crippen LogP contribution is 2.40. The number of nitrogens with two attached hydrogens (primary N) is 1. The Morgan fingerprint density at radius 3 is 2.73 bits per heavy atom. The Balaban J connectivity index is 1.49. The third-order valence-corrected chi connectivity index (χ3v) is 6.33. The summed E-state index contributed by atoms with van der Waals surface area (Å²) in [6, 6.07) is 1.19. The van der Waals surface area contributed by atoms with Crippen LogP contribution in [0.4, 0.5) is 23.4 Å². The standard InChI is InChI=1S/C21H21F4N5O3/c22-12-7-30(20-16(12)19(26)28-8-29-20)13-5-15(18(32)17(13)31)33-14-4-10(21(23,24)25)3-9-1-2-27-6-11(9)14/h3-4,7-8,13,15,17-18,27,31-32H,1-2,5-6H2,(H2,26,28,29)/t13?,15?,17-,18+/m0/s1. The molecule has 0 spiro atoms. The first-order valence-electron chi connectivity index (χ1n) is 10.4. The Hall–Kier alpha value is -2.96. The lowest BCUT2D eigenvalue weighted by Crippen LogP contribution is -2.35. The summed E-state index contributed by atoms with van der Waals surface area (Å²) in [6.45, 7) is 0.860. The predicted molar refractivity (Wildman–Crippen MR) is 109 cm³/mol.